The Morgan fingerprint density at radius 1 is 1.13 bits per heavy atom. The largest absolute Gasteiger partial charge is 0.465 e. The Bertz CT molecular complexity index is 363. The quantitative estimate of drug-likeness (QED) is 0.501. The van der Waals surface area contributed by atoms with Gasteiger partial charge in [0.15, 0.2) is 8.32 Å². The summed E-state index contributed by atoms with van der Waals surface area (Å²) in [6.45, 7) is 19.5. The van der Waals surface area contributed by atoms with Crippen LogP contribution in [0.5, 0.6) is 0 Å². The first kappa shape index (κ1) is 22.6. The molecule has 0 radical (unpaired) electrons. The highest BCUT2D eigenvalue weighted by molar-refractivity contribution is 6.74. The van der Waals surface area contributed by atoms with E-state index in [1.54, 1.807) is 0 Å². The fourth-order valence-electron chi connectivity index (χ4n) is 2.50. The second-order valence-corrected chi connectivity index (χ2v) is 13.4. The topological polar surface area (TPSA) is 55.8 Å². The molecule has 0 aromatic heterocycles. The van der Waals surface area contributed by atoms with Crippen LogP contribution in [0.25, 0.3) is 0 Å². The van der Waals surface area contributed by atoms with Gasteiger partial charge in [0.25, 0.3) is 0 Å². The van der Waals surface area contributed by atoms with E-state index in [0.29, 0.717) is 12.5 Å². The Labute approximate surface area is 144 Å². The van der Waals surface area contributed by atoms with Crippen LogP contribution in [0.4, 0.5) is 0 Å². The van der Waals surface area contributed by atoms with Crippen LogP contribution in [0, 0.1) is 17.8 Å². The summed E-state index contributed by atoms with van der Waals surface area (Å²) in [7, 11) is -1.91. The Morgan fingerprint density at radius 2 is 1.65 bits per heavy atom. The maximum Gasteiger partial charge on any atom is 0.302 e. The number of hydrogen-bond donors (Lipinski definition) is 1. The molecule has 0 bridgehead atoms. The molecule has 0 aromatic rings. The highest BCUT2D eigenvalue weighted by atomic mass is 28.4. The second kappa shape index (κ2) is 9.18. The standard InChI is InChI=1S/C18H38O4Si/c1-13(11-19)10-14(2)17(15(3)12-21-16(4)20)22-23(8,9)18(5,6)7/h13-15,17,19H,10-12H2,1-9H3/t13-,14+,15+,17+/m1/s1. The lowest BCUT2D eigenvalue weighted by molar-refractivity contribution is -0.143. The maximum absolute atomic E-state index is 11.1. The van der Waals surface area contributed by atoms with Crippen molar-refractivity contribution in [3.63, 3.8) is 0 Å². The van der Waals surface area contributed by atoms with Crippen molar-refractivity contribution in [3.05, 3.63) is 0 Å². The van der Waals surface area contributed by atoms with Crippen molar-refractivity contribution in [2.45, 2.75) is 79.1 Å². The van der Waals surface area contributed by atoms with Crippen LogP contribution in [-0.2, 0) is 14.0 Å². The normalized spacial score (nSPS) is 18.2. The second-order valence-electron chi connectivity index (χ2n) is 8.62. The van der Waals surface area contributed by atoms with Gasteiger partial charge in [-0.3, -0.25) is 4.79 Å². The van der Waals surface area contributed by atoms with Crippen molar-refractivity contribution in [3.8, 4) is 0 Å². The first-order valence-electron chi connectivity index (χ1n) is 8.73. The molecule has 0 spiro atoms. The predicted octanol–water partition coefficient (Wildman–Crippen LogP) is 4.23. The maximum atomic E-state index is 11.1. The van der Waals surface area contributed by atoms with Gasteiger partial charge in [-0.25, -0.2) is 0 Å². The van der Waals surface area contributed by atoms with Gasteiger partial charge >= 0.3 is 5.97 Å². The summed E-state index contributed by atoms with van der Waals surface area (Å²) in [5.41, 5.74) is 0. The third-order valence-electron chi connectivity index (χ3n) is 4.99. The molecule has 4 nitrogen and oxygen atoms in total. The Morgan fingerprint density at radius 3 is 2.04 bits per heavy atom. The zero-order chi connectivity index (χ0) is 18.4. The molecular weight excluding hydrogens is 308 g/mol. The van der Waals surface area contributed by atoms with E-state index in [1.165, 1.54) is 6.92 Å². The van der Waals surface area contributed by atoms with E-state index in [-0.39, 0.29) is 35.6 Å². The SMILES string of the molecule is CC(=O)OC[C@H](C)[C@@H](O[Si](C)(C)C(C)(C)C)[C@@H](C)C[C@@H](C)CO. The molecule has 0 aliphatic heterocycles. The van der Waals surface area contributed by atoms with E-state index in [0.717, 1.165) is 6.42 Å². The molecule has 0 unspecified atom stereocenters. The van der Waals surface area contributed by atoms with Gasteiger partial charge in [-0.15, -0.1) is 0 Å². The lowest BCUT2D eigenvalue weighted by Crippen LogP contribution is -2.48. The fourth-order valence-corrected chi connectivity index (χ4v) is 4.00. The Hall–Kier alpha value is -0.393. The summed E-state index contributed by atoms with van der Waals surface area (Å²) in [6.07, 6.45) is 0.935. The van der Waals surface area contributed by atoms with E-state index in [9.17, 15) is 9.90 Å². The number of carbonyl (C=O) groups is 1. The summed E-state index contributed by atoms with van der Waals surface area (Å²) in [4.78, 5) is 11.1. The molecule has 138 valence electrons. The number of esters is 1. The molecule has 0 aliphatic carbocycles. The Kier molecular flexibility index (Phi) is 9.03. The van der Waals surface area contributed by atoms with Gasteiger partial charge in [0.1, 0.15) is 0 Å². The summed E-state index contributed by atoms with van der Waals surface area (Å²) in [6, 6.07) is 0. The van der Waals surface area contributed by atoms with Crippen molar-refractivity contribution < 1.29 is 19.1 Å². The minimum atomic E-state index is -1.91. The van der Waals surface area contributed by atoms with Crippen LogP contribution in [0.1, 0.15) is 54.9 Å². The molecule has 0 heterocycles. The van der Waals surface area contributed by atoms with Crippen molar-refractivity contribution in [1.82, 2.24) is 0 Å². The smallest absolute Gasteiger partial charge is 0.302 e. The minimum absolute atomic E-state index is 0.0317. The van der Waals surface area contributed by atoms with E-state index >= 15 is 0 Å². The molecule has 5 heteroatoms. The lowest BCUT2D eigenvalue weighted by atomic mass is 9.87. The minimum Gasteiger partial charge on any atom is -0.465 e. The summed E-state index contributed by atoms with van der Waals surface area (Å²) < 4.78 is 11.9. The average molecular weight is 347 g/mol. The van der Waals surface area contributed by atoms with Crippen molar-refractivity contribution >= 4 is 14.3 Å². The molecule has 23 heavy (non-hydrogen) atoms. The number of rotatable bonds is 9. The third-order valence-corrected chi connectivity index (χ3v) is 9.47. The van der Waals surface area contributed by atoms with Crippen molar-refractivity contribution in [2.24, 2.45) is 17.8 Å². The highest BCUT2D eigenvalue weighted by Crippen LogP contribution is 2.39. The number of aliphatic hydroxyl groups excluding tert-OH is 1. The zero-order valence-corrected chi connectivity index (χ0v) is 17.6. The number of hydrogen-bond acceptors (Lipinski definition) is 4. The van der Waals surface area contributed by atoms with Crippen LogP contribution in [-0.4, -0.2) is 38.7 Å². The van der Waals surface area contributed by atoms with E-state index < -0.39 is 8.32 Å². The first-order valence-corrected chi connectivity index (χ1v) is 11.6. The highest BCUT2D eigenvalue weighted by Gasteiger charge is 2.41. The van der Waals surface area contributed by atoms with Gasteiger partial charge in [0, 0.05) is 19.4 Å². The third kappa shape index (κ3) is 7.81. The molecule has 4 atom stereocenters. The first-order chi connectivity index (χ1) is 10.3. The van der Waals surface area contributed by atoms with E-state index in [4.69, 9.17) is 9.16 Å². The molecule has 0 saturated carbocycles. The lowest BCUT2D eigenvalue weighted by Gasteiger charge is -2.43. The van der Waals surface area contributed by atoms with Gasteiger partial charge < -0.3 is 14.3 Å². The molecule has 0 rings (SSSR count). The van der Waals surface area contributed by atoms with Gasteiger partial charge in [-0.1, -0.05) is 41.5 Å². The molecule has 0 aliphatic rings. The van der Waals surface area contributed by atoms with Crippen molar-refractivity contribution in [2.75, 3.05) is 13.2 Å². The average Bonchev–Trinajstić information content (AvgIpc) is 2.40. The Balaban J connectivity index is 5.16. The van der Waals surface area contributed by atoms with E-state index in [1.807, 2.05) is 0 Å². The van der Waals surface area contributed by atoms with Gasteiger partial charge in [-0.05, 0) is 36.4 Å². The van der Waals surface area contributed by atoms with Crippen molar-refractivity contribution in [1.29, 1.82) is 0 Å². The number of carbonyl (C=O) groups excluding carboxylic acids is 1. The fraction of sp³-hybridized carbons (Fsp3) is 0.944. The molecule has 0 saturated heterocycles. The van der Waals surface area contributed by atoms with E-state index in [2.05, 4.69) is 54.6 Å². The van der Waals surface area contributed by atoms with Crippen LogP contribution < -0.4 is 0 Å². The van der Waals surface area contributed by atoms with Gasteiger partial charge in [0.05, 0.1) is 12.7 Å². The summed E-state index contributed by atoms with van der Waals surface area (Å²) in [5, 5.41) is 9.47. The van der Waals surface area contributed by atoms with Crippen LogP contribution >= 0.6 is 0 Å². The van der Waals surface area contributed by atoms with Crippen LogP contribution in [0.3, 0.4) is 0 Å². The number of ether oxygens (including phenoxy) is 1. The zero-order valence-electron chi connectivity index (χ0n) is 16.6. The molecule has 0 aromatic carbocycles. The van der Waals surface area contributed by atoms with Gasteiger partial charge in [0.2, 0.25) is 0 Å². The molecule has 1 N–H and O–H groups in total. The molecule has 0 fully saturated rings. The summed E-state index contributed by atoms with van der Waals surface area (Å²) in [5.74, 6) is 0.432. The monoisotopic (exact) mass is 346 g/mol. The molecule has 0 amide bonds. The predicted molar refractivity (Wildman–Crippen MR) is 97.9 cm³/mol. The summed E-state index contributed by atoms with van der Waals surface area (Å²) >= 11 is 0. The van der Waals surface area contributed by atoms with Crippen LogP contribution in [0.15, 0.2) is 0 Å². The van der Waals surface area contributed by atoms with Gasteiger partial charge in [-0.2, -0.15) is 0 Å². The molecular formula is C18H38O4Si. The number of aliphatic hydroxyl groups is 1. The van der Waals surface area contributed by atoms with Crippen LogP contribution in [0.2, 0.25) is 18.1 Å².